The minimum atomic E-state index is -1.49. The number of tetrazole rings is 1. The van der Waals surface area contributed by atoms with Crippen LogP contribution in [0.3, 0.4) is 0 Å². The Balaban J connectivity index is 2.03. The van der Waals surface area contributed by atoms with Crippen molar-refractivity contribution in [2.75, 3.05) is 0 Å². The lowest BCUT2D eigenvalue weighted by atomic mass is 9.91. The van der Waals surface area contributed by atoms with Crippen LogP contribution in [0.25, 0.3) is 5.57 Å². The van der Waals surface area contributed by atoms with Crippen LogP contribution in [0.2, 0.25) is 0 Å². The summed E-state index contributed by atoms with van der Waals surface area (Å²) in [6.45, 7) is 7.55. The lowest BCUT2D eigenvalue weighted by Crippen LogP contribution is -2.25. The van der Waals surface area contributed by atoms with E-state index in [0.717, 1.165) is 12.1 Å². The number of hydrogen-bond donors (Lipinski definition) is 2. The predicted octanol–water partition coefficient (Wildman–Crippen LogP) is 2.15. The van der Waals surface area contributed by atoms with Crippen LogP contribution in [0.5, 0.6) is 0 Å². The van der Waals surface area contributed by atoms with E-state index in [1.54, 1.807) is 0 Å². The van der Waals surface area contributed by atoms with E-state index in [1.165, 1.54) is 29.1 Å². The van der Waals surface area contributed by atoms with Crippen LogP contribution in [-0.2, 0) is 9.59 Å². The lowest BCUT2D eigenvalue weighted by Gasteiger charge is -2.13. The molecule has 2 N–H and O–H groups in total. The minimum absolute atomic E-state index is 0.0284. The summed E-state index contributed by atoms with van der Waals surface area (Å²) in [6, 6.07) is 4.66. The van der Waals surface area contributed by atoms with Crippen LogP contribution in [0.15, 0.2) is 43.0 Å². The summed E-state index contributed by atoms with van der Waals surface area (Å²) in [6.07, 6.45) is 1.09. The molecule has 2 unspecified atom stereocenters. The normalized spacial score (nSPS) is 13.6. The molecule has 9 heteroatoms. The quantitative estimate of drug-likeness (QED) is 0.499. The van der Waals surface area contributed by atoms with Crippen LogP contribution in [-0.4, -0.2) is 48.3 Å². The molecule has 0 bridgehead atoms. The number of Topliss-reactive ketones (excluding diaryl/α,β-unsaturated/α-hetero) is 1. The Morgan fingerprint density at radius 2 is 1.93 bits per heavy atom. The van der Waals surface area contributed by atoms with Gasteiger partial charge in [-0.1, -0.05) is 30.9 Å². The number of aliphatic hydroxyl groups is 1. The molecule has 0 saturated heterocycles. The topological polar surface area (TPSA) is 118 Å². The van der Waals surface area contributed by atoms with Crippen LogP contribution in [0.1, 0.15) is 43.6 Å². The third-order valence-corrected chi connectivity index (χ3v) is 3.88. The highest BCUT2D eigenvalue weighted by Gasteiger charge is 2.29. The molecular weight excluding hydrogens is 367 g/mol. The Bertz CT molecular complexity index is 890. The number of carboxylic acids is 1. The van der Waals surface area contributed by atoms with E-state index >= 15 is 0 Å². The zero-order valence-corrected chi connectivity index (χ0v) is 15.5. The molecular formula is C19H21FN4O4. The Hall–Kier alpha value is -3.20. The maximum Gasteiger partial charge on any atom is 0.318 e. The molecule has 28 heavy (non-hydrogen) atoms. The van der Waals surface area contributed by atoms with Crippen LogP contribution < -0.4 is 0 Å². The SMILES string of the molecule is C=C(C=CC(O)CC(=O)C(C(=O)O)c1ccc(F)cc1)c1nnn(C(C)C)n1. The first-order valence-electron chi connectivity index (χ1n) is 8.55. The molecule has 0 aliphatic heterocycles. The van der Waals surface area contributed by atoms with Gasteiger partial charge in [-0.15, -0.1) is 10.2 Å². The number of aromatic nitrogens is 4. The molecule has 0 spiro atoms. The van der Waals surface area contributed by atoms with Gasteiger partial charge < -0.3 is 10.2 Å². The van der Waals surface area contributed by atoms with Gasteiger partial charge in [0.05, 0.1) is 12.1 Å². The van der Waals surface area contributed by atoms with E-state index in [0.29, 0.717) is 5.57 Å². The van der Waals surface area contributed by atoms with Gasteiger partial charge in [-0.2, -0.15) is 4.80 Å². The molecule has 1 aromatic carbocycles. The summed E-state index contributed by atoms with van der Waals surface area (Å²) in [5.41, 5.74) is 0.528. The molecule has 2 aromatic rings. The smallest absolute Gasteiger partial charge is 0.318 e. The number of carboxylic acid groups (broad SMARTS) is 1. The second kappa shape index (κ2) is 9.14. The Kier molecular flexibility index (Phi) is 6.89. The number of aliphatic hydroxyl groups excluding tert-OH is 1. The van der Waals surface area contributed by atoms with Gasteiger partial charge in [0.15, 0.2) is 5.78 Å². The van der Waals surface area contributed by atoms with Gasteiger partial charge in [0, 0.05) is 12.0 Å². The zero-order chi connectivity index (χ0) is 20.8. The zero-order valence-electron chi connectivity index (χ0n) is 15.5. The lowest BCUT2D eigenvalue weighted by molar-refractivity contribution is -0.142. The number of hydrogen-bond acceptors (Lipinski definition) is 6. The number of allylic oxidation sites excluding steroid dienone is 2. The molecule has 2 atom stereocenters. The van der Waals surface area contributed by atoms with Crippen LogP contribution >= 0.6 is 0 Å². The fourth-order valence-corrected chi connectivity index (χ4v) is 2.39. The Labute approximate surface area is 161 Å². The predicted molar refractivity (Wildman–Crippen MR) is 98.8 cm³/mol. The fraction of sp³-hybridized carbons (Fsp3) is 0.316. The highest BCUT2D eigenvalue weighted by Crippen LogP contribution is 2.21. The number of rotatable bonds is 9. The van der Waals surface area contributed by atoms with Crippen LogP contribution in [0.4, 0.5) is 4.39 Å². The number of carbonyl (C=O) groups excluding carboxylic acids is 1. The summed E-state index contributed by atoms with van der Waals surface area (Å²) < 4.78 is 13.0. The maximum absolute atomic E-state index is 13.0. The molecule has 148 valence electrons. The van der Waals surface area contributed by atoms with Crippen molar-refractivity contribution in [2.45, 2.75) is 38.3 Å². The molecule has 1 heterocycles. The van der Waals surface area contributed by atoms with E-state index in [-0.39, 0.29) is 17.4 Å². The average molecular weight is 388 g/mol. The monoisotopic (exact) mass is 388 g/mol. The van der Waals surface area contributed by atoms with Gasteiger partial charge in [-0.05, 0) is 36.8 Å². The van der Waals surface area contributed by atoms with E-state index in [4.69, 9.17) is 0 Å². The second-order valence-corrected chi connectivity index (χ2v) is 6.47. The van der Waals surface area contributed by atoms with E-state index in [9.17, 15) is 24.2 Å². The molecule has 1 aromatic heterocycles. The molecule has 0 aliphatic rings. The van der Waals surface area contributed by atoms with Gasteiger partial charge in [-0.3, -0.25) is 9.59 Å². The van der Waals surface area contributed by atoms with Crippen molar-refractivity contribution in [3.63, 3.8) is 0 Å². The molecule has 0 radical (unpaired) electrons. The van der Waals surface area contributed by atoms with Gasteiger partial charge in [-0.25, -0.2) is 4.39 Å². The first kappa shape index (κ1) is 21.1. The largest absolute Gasteiger partial charge is 0.480 e. The summed E-state index contributed by atoms with van der Waals surface area (Å²) in [5, 5.41) is 31.3. The van der Waals surface area contributed by atoms with Gasteiger partial charge in [0.2, 0.25) is 5.82 Å². The summed E-state index contributed by atoms with van der Waals surface area (Å²) >= 11 is 0. The summed E-state index contributed by atoms with van der Waals surface area (Å²) in [4.78, 5) is 25.2. The van der Waals surface area contributed by atoms with Crippen molar-refractivity contribution < 1.29 is 24.2 Å². The first-order chi connectivity index (χ1) is 13.2. The third kappa shape index (κ3) is 5.40. The van der Waals surface area contributed by atoms with Crippen LogP contribution in [0, 0.1) is 5.82 Å². The molecule has 0 amide bonds. The minimum Gasteiger partial charge on any atom is -0.480 e. The molecule has 2 rings (SSSR count). The fourth-order valence-electron chi connectivity index (χ4n) is 2.39. The Morgan fingerprint density at radius 1 is 1.29 bits per heavy atom. The standard InChI is InChI=1S/C19H21FN4O4/c1-11(2)24-22-18(21-23-24)12(3)4-9-15(25)10-16(26)17(19(27)28)13-5-7-14(20)8-6-13/h4-9,11,15,17,25H,3,10H2,1-2H3,(H,27,28). The van der Waals surface area contributed by atoms with Gasteiger partial charge >= 0.3 is 5.97 Å². The van der Waals surface area contributed by atoms with Crippen molar-refractivity contribution >= 4 is 17.3 Å². The number of carbonyl (C=O) groups is 2. The van der Waals surface area contributed by atoms with Gasteiger partial charge in [0.25, 0.3) is 0 Å². The number of benzene rings is 1. The molecule has 0 fully saturated rings. The van der Waals surface area contributed by atoms with E-state index in [1.807, 2.05) is 13.8 Å². The third-order valence-electron chi connectivity index (χ3n) is 3.88. The molecule has 0 saturated carbocycles. The average Bonchev–Trinajstić information content (AvgIpc) is 3.12. The number of ketones is 1. The van der Waals surface area contributed by atoms with Crippen molar-refractivity contribution in [3.8, 4) is 0 Å². The maximum atomic E-state index is 13.0. The highest BCUT2D eigenvalue weighted by atomic mass is 19.1. The van der Waals surface area contributed by atoms with Crippen molar-refractivity contribution in [3.05, 3.63) is 60.2 Å². The number of halogens is 1. The molecule has 0 aliphatic carbocycles. The number of aliphatic carboxylic acids is 1. The van der Waals surface area contributed by atoms with E-state index < -0.39 is 36.0 Å². The van der Waals surface area contributed by atoms with Crippen molar-refractivity contribution in [1.82, 2.24) is 20.2 Å². The van der Waals surface area contributed by atoms with E-state index in [2.05, 4.69) is 22.0 Å². The second-order valence-electron chi connectivity index (χ2n) is 6.47. The Morgan fingerprint density at radius 3 is 2.46 bits per heavy atom. The van der Waals surface area contributed by atoms with Crippen molar-refractivity contribution in [2.24, 2.45) is 0 Å². The van der Waals surface area contributed by atoms with Crippen molar-refractivity contribution in [1.29, 1.82) is 0 Å². The molecule has 8 nitrogen and oxygen atoms in total. The summed E-state index contributed by atoms with van der Waals surface area (Å²) in [5.74, 6) is -3.82. The van der Waals surface area contributed by atoms with Gasteiger partial charge in [0.1, 0.15) is 11.7 Å². The number of nitrogens with zero attached hydrogens (tertiary/aromatic N) is 4. The highest BCUT2D eigenvalue weighted by molar-refractivity contribution is 6.04. The first-order valence-corrected chi connectivity index (χ1v) is 8.55. The summed E-state index contributed by atoms with van der Waals surface area (Å²) in [7, 11) is 0.